The van der Waals surface area contributed by atoms with Crippen molar-refractivity contribution in [3.63, 3.8) is 0 Å². The van der Waals surface area contributed by atoms with Gasteiger partial charge in [0.15, 0.2) is 5.78 Å². The number of halogens is 4. The molecule has 0 aliphatic heterocycles. The molecule has 0 radical (unpaired) electrons. The molecule has 0 fully saturated rings. The van der Waals surface area contributed by atoms with E-state index in [9.17, 15) is 18.0 Å². The summed E-state index contributed by atoms with van der Waals surface area (Å²) in [6.45, 7) is 1.62. The van der Waals surface area contributed by atoms with E-state index in [4.69, 9.17) is 11.6 Å². The van der Waals surface area contributed by atoms with Crippen molar-refractivity contribution in [3.05, 3.63) is 46.0 Å². The first-order valence-electron chi connectivity index (χ1n) is 5.49. The lowest BCUT2D eigenvalue weighted by Crippen LogP contribution is -2.11. The summed E-state index contributed by atoms with van der Waals surface area (Å²) in [6, 6.07) is 1.75. The van der Waals surface area contributed by atoms with E-state index in [1.165, 1.54) is 10.9 Å². The van der Waals surface area contributed by atoms with Crippen LogP contribution in [0.25, 0.3) is 0 Å². The zero-order valence-corrected chi connectivity index (χ0v) is 11.2. The van der Waals surface area contributed by atoms with Gasteiger partial charge in [0.25, 0.3) is 0 Å². The average molecular weight is 304 g/mol. The van der Waals surface area contributed by atoms with Gasteiger partial charge in [0.2, 0.25) is 0 Å². The molecule has 2 heterocycles. The number of hydrogen-bond donors (Lipinski definition) is 0. The van der Waals surface area contributed by atoms with Gasteiger partial charge in [-0.1, -0.05) is 11.6 Å². The molecule has 8 heteroatoms. The smallest absolute Gasteiger partial charge is 0.288 e. The van der Waals surface area contributed by atoms with Crippen LogP contribution in [-0.4, -0.2) is 20.5 Å². The van der Waals surface area contributed by atoms with Gasteiger partial charge < -0.3 is 0 Å². The van der Waals surface area contributed by atoms with E-state index in [0.717, 1.165) is 12.1 Å². The highest BCUT2D eigenvalue weighted by atomic mass is 35.5. The monoisotopic (exact) mass is 303 g/mol. The van der Waals surface area contributed by atoms with Crippen molar-refractivity contribution in [2.24, 2.45) is 7.05 Å². The molecular formula is C12H9ClF3N3O. The molecular weight excluding hydrogens is 295 g/mol. The lowest BCUT2D eigenvalue weighted by Gasteiger charge is -2.08. The zero-order chi connectivity index (χ0) is 15.1. The summed E-state index contributed by atoms with van der Waals surface area (Å²) in [5, 5.41) is 3.52. The summed E-state index contributed by atoms with van der Waals surface area (Å²) in [7, 11) is 1.64. The first-order valence-corrected chi connectivity index (χ1v) is 5.86. The molecule has 0 saturated heterocycles. The van der Waals surface area contributed by atoms with Gasteiger partial charge in [-0.25, -0.2) is 4.98 Å². The molecule has 0 spiro atoms. The molecule has 0 bridgehead atoms. The second-order valence-electron chi connectivity index (χ2n) is 4.16. The fourth-order valence-electron chi connectivity index (χ4n) is 1.73. The predicted molar refractivity (Wildman–Crippen MR) is 65.6 cm³/mol. The Kier molecular flexibility index (Phi) is 3.56. The maximum absolute atomic E-state index is 12.5. The van der Waals surface area contributed by atoms with Crippen molar-refractivity contribution < 1.29 is 18.0 Å². The quantitative estimate of drug-likeness (QED) is 0.633. The first kappa shape index (κ1) is 14.5. The third-order valence-corrected chi connectivity index (χ3v) is 2.93. The summed E-state index contributed by atoms with van der Waals surface area (Å²) in [5.74, 6) is -0.512. The molecule has 0 saturated carbocycles. The molecule has 0 aliphatic carbocycles. The Morgan fingerprint density at radius 2 is 1.95 bits per heavy atom. The lowest BCUT2D eigenvalue weighted by molar-refractivity contribution is -0.141. The third kappa shape index (κ3) is 2.67. The minimum absolute atomic E-state index is 0.0873. The molecule has 0 aliphatic rings. The average Bonchev–Trinajstić information content (AvgIpc) is 2.66. The number of aryl methyl sites for hydroxylation is 2. The predicted octanol–water partition coefficient (Wildman–Crippen LogP) is 3.03. The van der Waals surface area contributed by atoms with Gasteiger partial charge in [0.05, 0.1) is 16.8 Å². The van der Waals surface area contributed by atoms with Crippen LogP contribution in [0.2, 0.25) is 5.15 Å². The Balaban J connectivity index is 2.44. The summed E-state index contributed by atoms with van der Waals surface area (Å²) in [6.07, 6.45) is -3.12. The second kappa shape index (κ2) is 4.90. The summed E-state index contributed by atoms with van der Waals surface area (Å²) >= 11 is 5.68. The van der Waals surface area contributed by atoms with Crippen LogP contribution in [0.1, 0.15) is 27.3 Å². The normalized spacial score (nSPS) is 11.7. The summed E-state index contributed by atoms with van der Waals surface area (Å²) in [4.78, 5) is 15.4. The number of rotatable bonds is 2. The number of carbonyl (C=O) groups excluding carboxylic acids is 1. The number of pyridine rings is 1. The molecule has 0 atom stereocenters. The Hall–Kier alpha value is -1.89. The minimum Gasteiger partial charge on any atom is -0.288 e. The molecule has 0 aromatic carbocycles. The van der Waals surface area contributed by atoms with Crippen molar-refractivity contribution in [1.82, 2.24) is 14.8 Å². The fourth-order valence-corrected chi connectivity index (χ4v) is 1.97. The summed E-state index contributed by atoms with van der Waals surface area (Å²) < 4.78 is 38.9. The maximum Gasteiger partial charge on any atom is 0.433 e. The van der Waals surface area contributed by atoms with E-state index >= 15 is 0 Å². The van der Waals surface area contributed by atoms with Gasteiger partial charge in [0.1, 0.15) is 10.8 Å². The van der Waals surface area contributed by atoms with E-state index < -0.39 is 22.8 Å². The van der Waals surface area contributed by atoms with Crippen LogP contribution >= 0.6 is 11.6 Å². The Morgan fingerprint density at radius 1 is 1.30 bits per heavy atom. The van der Waals surface area contributed by atoms with E-state index in [-0.39, 0.29) is 11.1 Å². The van der Waals surface area contributed by atoms with Gasteiger partial charge in [-0.15, -0.1) is 0 Å². The van der Waals surface area contributed by atoms with Crippen molar-refractivity contribution in [3.8, 4) is 0 Å². The highest BCUT2D eigenvalue weighted by Crippen LogP contribution is 2.30. The van der Waals surface area contributed by atoms with E-state index in [2.05, 4.69) is 10.1 Å². The van der Waals surface area contributed by atoms with Gasteiger partial charge in [0, 0.05) is 13.2 Å². The molecule has 2 aromatic rings. The maximum atomic E-state index is 12.5. The van der Waals surface area contributed by atoms with Crippen molar-refractivity contribution in [2.45, 2.75) is 13.1 Å². The SMILES string of the molecule is Cc1nn(C)cc1C(=O)c1ccc(C(F)(F)F)nc1Cl. The Bertz CT molecular complexity index is 679. The standard InChI is InChI=1S/C12H9ClF3N3O/c1-6-8(5-19(2)18-6)10(20)7-3-4-9(12(14,15)16)17-11(7)13/h3-5H,1-2H3. The number of aromatic nitrogens is 3. The molecule has 0 N–H and O–H groups in total. The van der Waals surface area contributed by atoms with E-state index in [0.29, 0.717) is 5.69 Å². The van der Waals surface area contributed by atoms with E-state index in [1.54, 1.807) is 14.0 Å². The van der Waals surface area contributed by atoms with Crippen molar-refractivity contribution in [1.29, 1.82) is 0 Å². The highest BCUT2D eigenvalue weighted by molar-refractivity contribution is 6.33. The molecule has 0 unspecified atom stereocenters. The van der Waals surface area contributed by atoms with Crippen LogP contribution in [-0.2, 0) is 13.2 Å². The van der Waals surface area contributed by atoms with Crippen LogP contribution < -0.4 is 0 Å². The highest BCUT2D eigenvalue weighted by Gasteiger charge is 2.33. The molecule has 2 aromatic heterocycles. The number of ketones is 1. The van der Waals surface area contributed by atoms with Gasteiger partial charge in [-0.3, -0.25) is 9.48 Å². The van der Waals surface area contributed by atoms with E-state index in [1.807, 2.05) is 0 Å². The van der Waals surface area contributed by atoms with Crippen LogP contribution in [0.3, 0.4) is 0 Å². The third-order valence-electron chi connectivity index (χ3n) is 2.64. The largest absolute Gasteiger partial charge is 0.433 e. The topological polar surface area (TPSA) is 47.8 Å². The minimum atomic E-state index is -4.60. The van der Waals surface area contributed by atoms with Gasteiger partial charge in [-0.05, 0) is 19.1 Å². The number of carbonyl (C=O) groups is 1. The van der Waals surface area contributed by atoms with Crippen LogP contribution in [0.5, 0.6) is 0 Å². The summed E-state index contributed by atoms with van der Waals surface area (Å²) in [5.41, 5.74) is -0.484. The van der Waals surface area contributed by atoms with Crippen molar-refractivity contribution >= 4 is 17.4 Å². The second-order valence-corrected chi connectivity index (χ2v) is 4.52. The van der Waals surface area contributed by atoms with Crippen LogP contribution in [0.15, 0.2) is 18.3 Å². The van der Waals surface area contributed by atoms with Gasteiger partial charge in [-0.2, -0.15) is 18.3 Å². The number of alkyl halides is 3. The lowest BCUT2D eigenvalue weighted by atomic mass is 10.1. The molecule has 0 amide bonds. The first-order chi connectivity index (χ1) is 9.20. The Morgan fingerprint density at radius 3 is 2.40 bits per heavy atom. The molecule has 2 rings (SSSR count). The molecule has 20 heavy (non-hydrogen) atoms. The number of hydrogen-bond acceptors (Lipinski definition) is 3. The molecule has 106 valence electrons. The van der Waals surface area contributed by atoms with Crippen LogP contribution in [0.4, 0.5) is 13.2 Å². The zero-order valence-electron chi connectivity index (χ0n) is 10.5. The van der Waals surface area contributed by atoms with Crippen molar-refractivity contribution in [2.75, 3.05) is 0 Å². The number of nitrogens with zero attached hydrogens (tertiary/aromatic N) is 3. The fraction of sp³-hybridized carbons (Fsp3) is 0.250. The van der Waals surface area contributed by atoms with Crippen LogP contribution in [0, 0.1) is 6.92 Å². The van der Waals surface area contributed by atoms with Gasteiger partial charge >= 0.3 is 6.18 Å². The molecule has 4 nitrogen and oxygen atoms in total. The Labute approximate surface area is 117 Å².